The summed E-state index contributed by atoms with van der Waals surface area (Å²) >= 11 is 7.54. The molecule has 3 saturated heterocycles. The predicted octanol–water partition coefficient (Wildman–Crippen LogP) is 3.24. The number of halogens is 1. The zero-order valence-corrected chi connectivity index (χ0v) is 15.6. The second-order valence-electron chi connectivity index (χ2n) is 6.82. The molecule has 0 saturated carbocycles. The monoisotopic (exact) mass is 387 g/mol. The molecule has 3 aromatic heterocycles. The van der Waals surface area contributed by atoms with Crippen molar-refractivity contribution in [2.24, 2.45) is 0 Å². The molecule has 1 amide bonds. The Bertz CT molecular complexity index is 975. The first-order valence-corrected chi connectivity index (χ1v) is 10.0. The van der Waals surface area contributed by atoms with E-state index in [1.165, 1.54) is 24.2 Å². The summed E-state index contributed by atoms with van der Waals surface area (Å²) in [5.41, 5.74) is 2.03. The van der Waals surface area contributed by atoms with Crippen molar-refractivity contribution in [2.75, 3.05) is 23.3 Å². The Morgan fingerprint density at radius 3 is 2.85 bits per heavy atom. The Morgan fingerprint density at radius 1 is 1.27 bits per heavy atom. The van der Waals surface area contributed by atoms with Crippen molar-refractivity contribution in [1.29, 1.82) is 0 Å². The van der Waals surface area contributed by atoms with Gasteiger partial charge in [0.2, 0.25) is 0 Å². The zero-order chi connectivity index (χ0) is 17.7. The second-order valence-corrected chi connectivity index (χ2v) is 7.97. The molecule has 0 unspecified atom stereocenters. The number of thiophene rings is 1. The van der Waals surface area contributed by atoms with Crippen molar-refractivity contribution in [3.63, 3.8) is 0 Å². The molecule has 6 rings (SSSR count). The van der Waals surface area contributed by atoms with Crippen LogP contribution in [0.25, 0.3) is 5.52 Å². The number of rotatable bonds is 3. The molecule has 3 aliphatic heterocycles. The van der Waals surface area contributed by atoms with Crippen LogP contribution in [0.5, 0.6) is 0 Å². The van der Waals surface area contributed by atoms with Gasteiger partial charge in [0.15, 0.2) is 0 Å². The van der Waals surface area contributed by atoms with E-state index in [0.29, 0.717) is 28.5 Å². The summed E-state index contributed by atoms with van der Waals surface area (Å²) in [6, 6.07) is 8.78. The number of aromatic nitrogens is 2. The van der Waals surface area contributed by atoms with Crippen LogP contribution in [0.15, 0.2) is 35.0 Å². The Balaban J connectivity index is 1.47. The van der Waals surface area contributed by atoms with Gasteiger partial charge in [-0.1, -0.05) is 11.6 Å². The molecule has 0 aliphatic carbocycles. The lowest BCUT2D eigenvalue weighted by atomic mass is 9.93. The Morgan fingerprint density at radius 2 is 2.15 bits per heavy atom. The molecule has 134 valence electrons. The third-order valence-electron chi connectivity index (χ3n) is 5.23. The number of amides is 1. The van der Waals surface area contributed by atoms with Crippen molar-refractivity contribution in [1.82, 2.24) is 14.9 Å². The van der Waals surface area contributed by atoms with E-state index in [-0.39, 0.29) is 5.91 Å². The lowest BCUT2D eigenvalue weighted by Crippen LogP contribution is -2.61. The maximum Gasteiger partial charge on any atom is 0.274 e. The molecule has 6 heterocycles. The predicted molar refractivity (Wildman–Crippen MR) is 105 cm³/mol. The highest BCUT2D eigenvalue weighted by Gasteiger charge is 2.34. The van der Waals surface area contributed by atoms with Gasteiger partial charge in [0.25, 0.3) is 5.91 Å². The van der Waals surface area contributed by atoms with Crippen LogP contribution >= 0.6 is 22.9 Å². The van der Waals surface area contributed by atoms with Crippen LogP contribution in [0.2, 0.25) is 5.02 Å². The van der Waals surface area contributed by atoms with Gasteiger partial charge >= 0.3 is 0 Å². The number of hydrogen-bond donors (Lipinski definition) is 2. The Hall–Kier alpha value is -2.09. The standard InChI is InChI=1S/C18H18ClN5OS/c19-14-9-26-10-15(14)21-18(25)16-5-3-12-4-6-17(22-24(12)16)23-8-11-1-2-13(23)7-20-11/h3-6,9-11,13,20H,1-2,7-8H2,(H,21,25)/t11-,13-/m0/s1. The van der Waals surface area contributed by atoms with Crippen molar-refractivity contribution in [3.8, 4) is 0 Å². The SMILES string of the molecule is O=C(Nc1cscc1Cl)c1ccc2ccc(N3C[C@@H]4CC[C@H]3CN4)nn12. The van der Waals surface area contributed by atoms with E-state index in [2.05, 4.69) is 15.5 Å². The van der Waals surface area contributed by atoms with Gasteiger partial charge in [-0.25, -0.2) is 4.52 Å². The highest BCUT2D eigenvalue weighted by atomic mass is 35.5. The number of piperidine rings is 2. The molecule has 3 aliphatic rings. The van der Waals surface area contributed by atoms with Crippen molar-refractivity contribution in [3.05, 3.63) is 45.7 Å². The van der Waals surface area contributed by atoms with E-state index in [0.717, 1.165) is 24.4 Å². The molecule has 0 radical (unpaired) electrons. The average molecular weight is 388 g/mol. The normalized spacial score (nSPS) is 22.1. The zero-order valence-electron chi connectivity index (χ0n) is 14.0. The smallest absolute Gasteiger partial charge is 0.274 e. The third-order valence-corrected chi connectivity index (χ3v) is 6.41. The van der Waals surface area contributed by atoms with Gasteiger partial charge in [-0.3, -0.25) is 4.79 Å². The summed E-state index contributed by atoms with van der Waals surface area (Å²) in [5, 5.41) is 15.4. The molecule has 2 N–H and O–H groups in total. The number of anilines is 2. The molecule has 8 heteroatoms. The van der Waals surface area contributed by atoms with E-state index in [1.807, 2.05) is 23.6 Å². The molecule has 2 atom stereocenters. The van der Waals surface area contributed by atoms with Gasteiger partial charge < -0.3 is 15.5 Å². The fourth-order valence-corrected chi connectivity index (χ4v) is 4.81. The highest BCUT2D eigenvalue weighted by molar-refractivity contribution is 7.09. The van der Waals surface area contributed by atoms with Crippen LogP contribution in [0.1, 0.15) is 23.3 Å². The van der Waals surface area contributed by atoms with E-state index < -0.39 is 0 Å². The summed E-state index contributed by atoms with van der Waals surface area (Å²) in [7, 11) is 0. The van der Waals surface area contributed by atoms with E-state index in [9.17, 15) is 4.79 Å². The molecule has 0 aromatic carbocycles. The minimum absolute atomic E-state index is 0.211. The van der Waals surface area contributed by atoms with Gasteiger partial charge in [0, 0.05) is 35.9 Å². The fourth-order valence-electron chi connectivity index (χ4n) is 3.85. The molecule has 26 heavy (non-hydrogen) atoms. The number of hydrogen-bond acceptors (Lipinski definition) is 5. The molecule has 6 nitrogen and oxygen atoms in total. The Labute approximate surface area is 159 Å². The molecular formula is C18H18ClN5OS. The molecular weight excluding hydrogens is 370 g/mol. The molecule has 2 bridgehead atoms. The average Bonchev–Trinajstić information content (AvgIpc) is 3.28. The topological polar surface area (TPSA) is 61.7 Å². The Kier molecular flexibility index (Phi) is 3.88. The fraction of sp³-hybridized carbons (Fsp3) is 0.333. The maximum absolute atomic E-state index is 12.7. The first-order chi connectivity index (χ1) is 12.7. The molecule has 3 aromatic rings. The molecule has 3 fully saturated rings. The summed E-state index contributed by atoms with van der Waals surface area (Å²) < 4.78 is 1.72. The lowest BCUT2D eigenvalue weighted by molar-refractivity contribution is 0.102. The van der Waals surface area contributed by atoms with Crippen LogP contribution in [0, 0.1) is 0 Å². The van der Waals surface area contributed by atoms with Crippen LogP contribution in [-0.2, 0) is 0 Å². The minimum Gasteiger partial charge on any atom is -0.349 e. The summed E-state index contributed by atoms with van der Waals surface area (Å²) in [4.78, 5) is 15.1. The number of piperazine rings is 1. The van der Waals surface area contributed by atoms with Gasteiger partial charge in [-0.2, -0.15) is 0 Å². The number of nitrogens with zero attached hydrogens (tertiary/aromatic N) is 3. The molecule has 0 spiro atoms. The van der Waals surface area contributed by atoms with Crippen molar-refractivity contribution >= 4 is 45.9 Å². The van der Waals surface area contributed by atoms with Crippen LogP contribution in [-0.4, -0.2) is 40.7 Å². The van der Waals surface area contributed by atoms with Crippen LogP contribution in [0.3, 0.4) is 0 Å². The quantitative estimate of drug-likeness (QED) is 0.724. The second kappa shape index (κ2) is 6.26. The van der Waals surface area contributed by atoms with Crippen LogP contribution < -0.4 is 15.5 Å². The van der Waals surface area contributed by atoms with Crippen molar-refractivity contribution < 1.29 is 4.79 Å². The van der Waals surface area contributed by atoms with Crippen molar-refractivity contribution in [2.45, 2.75) is 24.9 Å². The highest BCUT2D eigenvalue weighted by Crippen LogP contribution is 2.28. The summed E-state index contributed by atoms with van der Waals surface area (Å²) in [6.45, 7) is 1.97. The third kappa shape index (κ3) is 2.67. The first-order valence-electron chi connectivity index (χ1n) is 8.71. The van der Waals surface area contributed by atoms with Gasteiger partial charge in [0.1, 0.15) is 11.5 Å². The number of fused-ring (bicyclic) bond motifs is 4. The largest absolute Gasteiger partial charge is 0.349 e. The first kappa shape index (κ1) is 16.1. The van der Waals surface area contributed by atoms with E-state index in [4.69, 9.17) is 16.7 Å². The summed E-state index contributed by atoms with van der Waals surface area (Å²) in [5.74, 6) is 0.712. The minimum atomic E-state index is -0.211. The van der Waals surface area contributed by atoms with E-state index in [1.54, 1.807) is 16.0 Å². The van der Waals surface area contributed by atoms with Gasteiger partial charge in [-0.05, 0) is 37.1 Å². The maximum atomic E-state index is 12.7. The number of nitrogens with one attached hydrogen (secondary N) is 2. The summed E-state index contributed by atoms with van der Waals surface area (Å²) in [6.07, 6.45) is 2.41. The van der Waals surface area contributed by atoms with Gasteiger partial charge in [0.05, 0.1) is 16.2 Å². The van der Waals surface area contributed by atoms with Crippen LogP contribution in [0.4, 0.5) is 11.5 Å². The lowest BCUT2D eigenvalue weighted by Gasteiger charge is -2.46. The van der Waals surface area contributed by atoms with Gasteiger partial charge in [-0.15, -0.1) is 16.4 Å². The van der Waals surface area contributed by atoms with E-state index >= 15 is 0 Å². The number of carbonyl (C=O) groups excluding carboxylic acids is 1. The number of carbonyl (C=O) groups is 1.